The summed E-state index contributed by atoms with van der Waals surface area (Å²) in [6, 6.07) is 5.30. The molecular weight excluding hydrogens is 179 g/mol. The first kappa shape index (κ1) is 11.0. The molecule has 0 amide bonds. The van der Waals surface area contributed by atoms with Crippen LogP contribution < -0.4 is 4.74 Å². The number of rotatable bonds is 3. The summed E-state index contributed by atoms with van der Waals surface area (Å²) in [5.41, 5.74) is 0.711. The molecule has 0 aliphatic rings. The second-order valence-electron chi connectivity index (χ2n) is 3.98. The predicted molar refractivity (Wildman–Crippen MR) is 56.3 cm³/mol. The normalized spacial score (nSPS) is 11.1. The lowest BCUT2D eigenvalue weighted by atomic mass is 10.0. The molecule has 0 unspecified atom stereocenters. The van der Waals surface area contributed by atoms with Crippen LogP contribution in [0.5, 0.6) is 5.75 Å². The van der Waals surface area contributed by atoms with Crippen LogP contribution in [0.3, 0.4) is 0 Å². The molecule has 0 atom stereocenters. The van der Waals surface area contributed by atoms with Crippen LogP contribution in [0.15, 0.2) is 18.2 Å². The molecule has 78 valence electrons. The van der Waals surface area contributed by atoms with Gasteiger partial charge in [-0.25, -0.2) is 4.39 Å². The number of halogens is 1. The lowest BCUT2D eigenvalue weighted by Gasteiger charge is -2.14. The largest absolute Gasteiger partial charge is 0.488 e. The van der Waals surface area contributed by atoms with Gasteiger partial charge >= 0.3 is 0 Å². The molecule has 0 heterocycles. The van der Waals surface area contributed by atoms with Crippen molar-refractivity contribution < 1.29 is 9.13 Å². The minimum Gasteiger partial charge on any atom is -0.488 e. The molecule has 0 N–H and O–H groups in total. The van der Waals surface area contributed by atoms with Crippen LogP contribution in [0.1, 0.15) is 39.2 Å². The molecule has 0 bridgehead atoms. The molecule has 1 rings (SSSR count). The second-order valence-corrected chi connectivity index (χ2v) is 3.98. The Balaban J connectivity index is 3.01. The summed E-state index contributed by atoms with van der Waals surface area (Å²) in [5.74, 6) is 0.313. The highest BCUT2D eigenvalue weighted by Crippen LogP contribution is 2.26. The quantitative estimate of drug-likeness (QED) is 0.715. The monoisotopic (exact) mass is 196 g/mol. The maximum absolute atomic E-state index is 13.8. The van der Waals surface area contributed by atoms with Crippen LogP contribution in [0.4, 0.5) is 4.39 Å². The molecule has 0 radical (unpaired) electrons. The fraction of sp³-hybridized carbons (Fsp3) is 0.500. The van der Waals surface area contributed by atoms with Gasteiger partial charge in [-0.15, -0.1) is 0 Å². The van der Waals surface area contributed by atoms with Crippen molar-refractivity contribution >= 4 is 0 Å². The molecule has 2 heteroatoms. The van der Waals surface area contributed by atoms with Gasteiger partial charge in [0.2, 0.25) is 0 Å². The molecule has 0 aliphatic carbocycles. The summed E-state index contributed by atoms with van der Waals surface area (Å²) in [7, 11) is 0. The van der Waals surface area contributed by atoms with Gasteiger partial charge in [-0.3, -0.25) is 0 Å². The first-order valence-electron chi connectivity index (χ1n) is 4.97. The molecule has 1 aromatic carbocycles. The Morgan fingerprint density at radius 2 is 1.79 bits per heavy atom. The molecule has 0 saturated carbocycles. The molecular formula is C12H17FO. The van der Waals surface area contributed by atoms with Gasteiger partial charge in [-0.1, -0.05) is 26.0 Å². The molecule has 0 aliphatic heterocycles. The van der Waals surface area contributed by atoms with Crippen LogP contribution in [0, 0.1) is 5.82 Å². The summed E-state index contributed by atoms with van der Waals surface area (Å²) in [4.78, 5) is 0. The van der Waals surface area contributed by atoms with E-state index in [9.17, 15) is 4.39 Å². The maximum Gasteiger partial charge on any atom is 0.168 e. The summed E-state index contributed by atoms with van der Waals surface area (Å²) < 4.78 is 19.1. The zero-order valence-electron chi connectivity index (χ0n) is 9.17. The summed E-state index contributed by atoms with van der Waals surface area (Å²) in [5, 5.41) is 0. The molecule has 0 spiro atoms. The second kappa shape index (κ2) is 4.45. The standard InChI is InChI=1S/C12H17FO/c1-8(2)10-6-5-7-11(12(10)13)14-9(3)4/h5-9H,1-4H3. The van der Waals surface area contributed by atoms with Crippen molar-refractivity contribution in [2.45, 2.75) is 39.7 Å². The van der Waals surface area contributed by atoms with Gasteiger partial charge in [0.15, 0.2) is 11.6 Å². The Bertz CT molecular complexity index is 305. The van der Waals surface area contributed by atoms with Gasteiger partial charge in [0.05, 0.1) is 6.10 Å². The summed E-state index contributed by atoms with van der Waals surface area (Å²) in [6.45, 7) is 7.72. The highest BCUT2D eigenvalue weighted by Gasteiger charge is 2.12. The Morgan fingerprint density at radius 1 is 1.14 bits per heavy atom. The van der Waals surface area contributed by atoms with Gasteiger partial charge in [0.1, 0.15) is 0 Å². The third-order valence-corrected chi connectivity index (χ3v) is 1.98. The number of benzene rings is 1. The molecule has 14 heavy (non-hydrogen) atoms. The van der Waals surface area contributed by atoms with Crippen LogP contribution >= 0.6 is 0 Å². The van der Waals surface area contributed by atoms with Crippen molar-refractivity contribution in [3.05, 3.63) is 29.6 Å². The van der Waals surface area contributed by atoms with Crippen molar-refractivity contribution in [2.75, 3.05) is 0 Å². The van der Waals surface area contributed by atoms with Crippen LogP contribution in [-0.4, -0.2) is 6.10 Å². The maximum atomic E-state index is 13.8. The van der Waals surface area contributed by atoms with Crippen molar-refractivity contribution in [1.29, 1.82) is 0 Å². The highest BCUT2D eigenvalue weighted by atomic mass is 19.1. The van der Waals surface area contributed by atoms with Gasteiger partial charge in [0, 0.05) is 0 Å². The van der Waals surface area contributed by atoms with Gasteiger partial charge in [-0.2, -0.15) is 0 Å². The van der Waals surface area contributed by atoms with E-state index in [1.807, 2.05) is 33.8 Å². The third kappa shape index (κ3) is 2.47. The Morgan fingerprint density at radius 3 is 2.29 bits per heavy atom. The fourth-order valence-electron chi connectivity index (χ4n) is 1.32. The average molecular weight is 196 g/mol. The Kier molecular flexibility index (Phi) is 3.50. The fourth-order valence-corrected chi connectivity index (χ4v) is 1.32. The summed E-state index contributed by atoms with van der Waals surface area (Å²) >= 11 is 0. The van der Waals surface area contributed by atoms with E-state index in [-0.39, 0.29) is 17.8 Å². The molecule has 0 fully saturated rings. The van der Waals surface area contributed by atoms with Gasteiger partial charge in [0.25, 0.3) is 0 Å². The average Bonchev–Trinajstić information content (AvgIpc) is 2.07. The Labute approximate surface area is 84.9 Å². The van der Waals surface area contributed by atoms with Crippen LogP contribution in [-0.2, 0) is 0 Å². The van der Waals surface area contributed by atoms with E-state index in [0.29, 0.717) is 11.3 Å². The first-order valence-corrected chi connectivity index (χ1v) is 4.97. The zero-order chi connectivity index (χ0) is 10.7. The highest BCUT2D eigenvalue weighted by molar-refractivity contribution is 5.32. The minimum atomic E-state index is -0.226. The van der Waals surface area contributed by atoms with E-state index in [1.165, 1.54) is 0 Å². The molecule has 1 aromatic rings. The summed E-state index contributed by atoms with van der Waals surface area (Å²) in [6.07, 6.45) is 0.00640. The number of ether oxygens (including phenoxy) is 1. The van der Waals surface area contributed by atoms with Crippen LogP contribution in [0.25, 0.3) is 0 Å². The van der Waals surface area contributed by atoms with Crippen molar-refractivity contribution in [3.63, 3.8) is 0 Å². The Hall–Kier alpha value is -1.05. The van der Waals surface area contributed by atoms with Crippen molar-refractivity contribution in [2.24, 2.45) is 0 Å². The molecule has 0 saturated heterocycles. The molecule has 0 aromatic heterocycles. The molecule has 1 nitrogen and oxygen atoms in total. The lowest BCUT2D eigenvalue weighted by Crippen LogP contribution is -2.08. The smallest absolute Gasteiger partial charge is 0.168 e. The minimum absolute atomic E-state index is 0.00640. The number of hydrogen-bond donors (Lipinski definition) is 0. The number of hydrogen-bond acceptors (Lipinski definition) is 1. The van der Waals surface area contributed by atoms with E-state index in [0.717, 1.165) is 0 Å². The van der Waals surface area contributed by atoms with E-state index >= 15 is 0 Å². The van der Waals surface area contributed by atoms with Crippen molar-refractivity contribution in [1.82, 2.24) is 0 Å². The van der Waals surface area contributed by atoms with Gasteiger partial charge < -0.3 is 4.74 Å². The SMILES string of the molecule is CC(C)Oc1cccc(C(C)C)c1F. The van der Waals surface area contributed by atoms with E-state index < -0.39 is 0 Å². The van der Waals surface area contributed by atoms with Crippen molar-refractivity contribution in [3.8, 4) is 5.75 Å². The predicted octanol–water partition coefficient (Wildman–Crippen LogP) is 3.74. The van der Waals surface area contributed by atoms with E-state index in [2.05, 4.69) is 0 Å². The third-order valence-electron chi connectivity index (χ3n) is 1.98. The van der Waals surface area contributed by atoms with E-state index in [1.54, 1.807) is 12.1 Å². The topological polar surface area (TPSA) is 9.23 Å². The lowest BCUT2D eigenvalue weighted by molar-refractivity contribution is 0.230. The first-order chi connectivity index (χ1) is 6.52. The zero-order valence-corrected chi connectivity index (χ0v) is 9.17. The van der Waals surface area contributed by atoms with Crippen LogP contribution in [0.2, 0.25) is 0 Å². The van der Waals surface area contributed by atoms with E-state index in [4.69, 9.17) is 4.74 Å². The van der Waals surface area contributed by atoms with Gasteiger partial charge in [-0.05, 0) is 31.4 Å².